The van der Waals surface area contributed by atoms with Crippen molar-refractivity contribution < 1.29 is 4.42 Å². The number of nitrogens with zero attached hydrogens (tertiary/aromatic N) is 4. The Balaban J connectivity index is 1.16. The molecule has 0 atom stereocenters. The lowest BCUT2D eigenvalue weighted by atomic mass is 10.0. The molecule has 46 heavy (non-hydrogen) atoms. The van der Waals surface area contributed by atoms with Gasteiger partial charge in [0.2, 0.25) is 5.89 Å². The first-order chi connectivity index (χ1) is 22.8. The van der Waals surface area contributed by atoms with Gasteiger partial charge < -0.3 is 4.42 Å². The maximum atomic E-state index is 6.08. The van der Waals surface area contributed by atoms with Crippen molar-refractivity contribution in [2.75, 3.05) is 0 Å². The zero-order chi connectivity index (χ0) is 30.5. The van der Waals surface area contributed by atoms with Crippen molar-refractivity contribution in [2.45, 2.75) is 0 Å². The number of rotatable bonds is 5. The Hall–Kier alpha value is -5.98. The van der Waals surface area contributed by atoms with E-state index >= 15 is 0 Å². The summed E-state index contributed by atoms with van der Waals surface area (Å²) in [4.78, 5) is 19.6. The van der Waals surface area contributed by atoms with Gasteiger partial charge in [-0.1, -0.05) is 115 Å². The maximum Gasteiger partial charge on any atom is 0.227 e. The Bertz CT molecular complexity index is 2470. The Morgan fingerprint density at radius 2 is 1.04 bits per heavy atom. The molecule has 0 N–H and O–H groups in total. The average molecular weight is 609 g/mol. The number of hydrogen-bond acceptors (Lipinski definition) is 6. The van der Waals surface area contributed by atoms with Crippen LogP contribution in [0.3, 0.4) is 0 Å². The summed E-state index contributed by atoms with van der Waals surface area (Å²) >= 11 is 1.79. The van der Waals surface area contributed by atoms with Crippen LogP contribution < -0.4 is 0 Å². The normalized spacial score (nSPS) is 11.5. The molecule has 9 aromatic rings. The van der Waals surface area contributed by atoms with Crippen molar-refractivity contribution in [3.8, 4) is 56.7 Å². The van der Waals surface area contributed by atoms with E-state index in [-0.39, 0.29) is 0 Å². The smallest absolute Gasteiger partial charge is 0.227 e. The fourth-order valence-corrected chi connectivity index (χ4v) is 7.18. The molecular weight excluding hydrogens is 585 g/mol. The van der Waals surface area contributed by atoms with Crippen LogP contribution in [-0.2, 0) is 0 Å². The quantitative estimate of drug-likeness (QED) is 0.194. The van der Waals surface area contributed by atoms with E-state index in [1.165, 1.54) is 25.7 Å². The summed E-state index contributed by atoms with van der Waals surface area (Å²) in [7, 11) is 0. The second-order valence-electron chi connectivity index (χ2n) is 11.1. The number of fused-ring (bicyclic) bond motifs is 4. The SMILES string of the molecule is c1ccc(-c2nc(-c3ccccc3)nc(-c3ccc4c(c3)sc3c(-c5ccc6oc(-c7ccccc7)nc6c5)cccc34)n2)cc1. The first-order valence-electron chi connectivity index (χ1n) is 15.1. The molecule has 0 radical (unpaired) electrons. The predicted octanol–water partition coefficient (Wildman–Crippen LogP) is 10.7. The summed E-state index contributed by atoms with van der Waals surface area (Å²) in [6.45, 7) is 0. The van der Waals surface area contributed by atoms with E-state index in [9.17, 15) is 0 Å². The van der Waals surface area contributed by atoms with E-state index in [4.69, 9.17) is 24.4 Å². The Labute approximate surface area is 268 Å². The minimum atomic E-state index is 0.629. The zero-order valence-electron chi connectivity index (χ0n) is 24.5. The van der Waals surface area contributed by atoms with Crippen molar-refractivity contribution in [3.05, 3.63) is 146 Å². The molecule has 0 bridgehead atoms. The van der Waals surface area contributed by atoms with Crippen molar-refractivity contribution >= 4 is 42.6 Å². The van der Waals surface area contributed by atoms with E-state index in [2.05, 4.69) is 48.5 Å². The Morgan fingerprint density at radius 1 is 0.435 bits per heavy atom. The molecule has 0 fully saturated rings. The molecule has 3 heterocycles. The van der Waals surface area contributed by atoms with Crippen LogP contribution in [0.2, 0.25) is 0 Å². The van der Waals surface area contributed by atoms with Crippen LogP contribution in [0.25, 0.3) is 88.0 Å². The summed E-state index contributed by atoms with van der Waals surface area (Å²) in [6, 6.07) is 49.4. The van der Waals surface area contributed by atoms with E-state index < -0.39 is 0 Å². The number of hydrogen-bond donors (Lipinski definition) is 0. The lowest BCUT2D eigenvalue weighted by Crippen LogP contribution is -1.99. The predicted molar refractivity (Wildman–Crippen MR) is 187 cm³/mol. The fraction of sp³-hybridized carbons (Fsp3) is 0. The topological polar surface area (TPSA) is 64.7 Å². The highest BCUT2D eigenvalue weighted by molar-refractivity contribution is 7.26. The average Bonchev–Trinajstić information content (AvgIpc) is 3.74. The summed E-state index contributed by atoms with van der Waals surface area (Å²) in [5.74, 6) is 2.59. The number of thiophene rings is 1. The molecule has 0 aliphatic heterocycles. The molecule has 0 spiro atoms. The second kappa shape index (κ2) is 10.9. The molecule has 0 saturated carbocycles. The summed E-state index contributed by atoms with van der Waals surface area (Å²) in [6.07, 6.45) is 0. The van der Waals surface area contributed by atoms with Crippen LogP contribution in [0, 0.1) is 0 Å². The molecule has 6 heteroatoms. The van der Waals surface area contributed by atoms with Crippen LogP contribution in [0.1, 0.15) is 0 Å². The largest absolute Gasteiger partial charge is 0.436 e. The van der Waals surface area contributed by atoms with Gasteiger partial charge in [-0.05, 0) is 41.5 Å². The van der Waals surface area contributed by atoms with Crippen molar-refractivity contribution in [2.24, 2.45) is 0 Å². The molecule has 3 aromatic heterocycles. The minimum Gasteiger partial charge on any atom is -0.436 e. The third-order valence-electron chi connectivity index (χ3n) is 8.18. The molecular formula is C40H24N4OS. The van der Waals surface area contributed by atoms with Crippen LogP contribution in [0.15, 0.2) is 150 Å². The van der Waals surface area contributed by atoms with Gasteiger partial charge in [0.05, 0.1) is 0 Å². The van der Waals surface area contributed by atoms with Gasteiger partial charge in [-0.25, -0.2) is 19.9 Å². The minimum absolute atomic E-state index is 0.629. The van der Waals surface area contributed by atoms with Crippen LogP contribution >= 0.6 is 11.3 Å². The number of aromatic nitrogens is 4. The van der Waals surface area contributed by atoms with Gasteiger partial charge in [0, 0.05) is 42.4 Å². The monoisotopic (exact) mass is 608 g/mol. The van der Waals surface area contributed by atoms with Gasteiger partial charge in [-0.15, -0.1) is 11.3 Å². The summed E-state index contributed by atoms with van der Waals surface area (Å²) in [5, 5.41) is 2.43. The van der Waals surface area contributed by atoms with E-state index in [0.717, 1.165) is 38.9 Å². The Kier molecular flexibility index (Phi) is 6.25. The molecule has 5 nitrogen and oxygen atoms in total. The third kappa shape index (κ3) is 4.64. The van der Waals surface area contributed by atoms with Crippen molar-refractivity contribution in [3.63, 3.8) is 0 Å². The summed E-state index contributed by atoms with van der Waals surface area (Å²) in [5.41, 5.74) is 7.72. The highest BCUT2D eigenvalue weighted by Gasteiger charge is 2.16. The van der Waals surface area contributed by atoms with Crippen LogP contribution in [0.5, 0.6) is 0 Å². The van der Waals surface area contributed by atoms with E-state index in [1.807, 2.05) is 97.1 Å². The van der Waals surface area contributed by atoms with Gasteiger partial charge in [0.1, 0.15) is 5.52 Å². The lowest BCUT2D eigenvalue weighted by molar-refractivity contribution is 0.620. The molecule has 0 aliphatic carbocycles. The molecule has 0 amide bonds. The number of benzene rings is 6. The van der Waals surface area contributed by atoms with Gasteiger partial charge >= 0.3 is 0 Å². The molecule has 9 rings (SSSR count). The molecule has 0 aliphatic rings. The third-order valence-corrected chi connectivity index (χ3v) is 9.38. The van der Waals surface area contributed by atoms with Crippen molar-refractivity contribution in [1.29, 1.82) is 0 Å². The molecule has 0 saturated heterocycles. The van der Waals surface area contributed by atoms with Gasteiger partial charge in [-0.2, -0.15) is 0 Å². The first kappa shape index (κ1) is 26.4. The molecule has 0 unspecified atom stereocenters. The second-order valence-corrected chi connectivity index (χ2v) is 12.2. The highest BCUT2D eigenvalue weighted by Crippen LogP contribution is 2.42. The molecule has 216 valence electrons. The zero-order valence-corrected chi connectivity index (χ0v) is 25.3. The van der Waals surface area contributed by atoms with Crippen LogP contribution in [0.4, 0.5) is 0 Å². The van der Waals surface area contributed by atoms with Gasteiger partial charge in [-0.3, -0.25) is 0 Å². The fourth-order valence-electron chi connectivity index (χ4n) is 5.90. The van der Waals surface area contributed by atoms with Crippen LogP contribution in [-0.4, -0.2) is 19.9 Å². The first-order valence-corrected chi connectivity index (χ1v) is 15.9. The van der Waals surface area contributed by atoms with Gasteiger partial charge in [0.25, 0.3) is 0 Å². The van der Waals surface area contributed by atoms with Gasteiger partial charge in [0.15, 0.2) is 23.1 Å². The maximum absolute atomic E-state index is 6.08. The Morgan fingerprint density at radius 3 is 1.72 bits per heavy atom. The summed E-state index contributed by atoms with van der Waals surface area (Å²) < 4.78 is 8.49. The van der Waals surface area contributed by atoms with E-state index in [1.54, 1.807) is 11.3 Å². The van der Waals surface area contributed by atoms with E-state index in [0.29, 0.717) is 23.4 Å². The van der Waals surface area contributed by atoms with Crippen molar-refractivity contribution in [1.82, 2.24) is 19.9 Å². The molecule has 6 aromatic carbocycles. The lowest BCUT2D eigenvalue weighted by Gasteiger charge is -2.08. The highest BCUT2D eigenvalue weighted by atomic mass is 32.1. The standard InChI is InChI=1S/C40H24N4OS/c1-4-11-25(12-5-1)37-42-38(26-13-6-2-7-14-26)44-39(43-37)29-19-21-31-32-18-10-17-30(36(32)46-35(31)24-29)28-20-22-34-33(23-28)41-40(45-34)27-15-8-3-9-16-27/h1-24H. The number of oxazole rings is 1.